The van der Waals surface area contributed by atoms with Crippen LogP contribution in [0.3, 0.4) is 0 Å². The van der Waals surface area contributed by atoms with Gasteiger partial charge in [-0.1, -0.05) is 83.4 Å². The normalized spacial score (nSPS) is 25.7. The summed E-state index contributed by atoms with van der Waals surface area (Å²) in [6, 6.07) is 34.8. The molecule has 11 heteroatoms. The molecule has 0 spiro atoms. The predicted molar refractivity (Wildman–Crippen MR) is 211 cm³/mol. The average molecular weight is 781 g/mol. The fraction of sp³-hybridized carbons (Fsp3) is 0.178. The van der Waals surface area contributed by atoms with Gasteiger partial charge in [0.2, 0.25) is 29.5 Å². The van der Waals surface area contributed by atoms with Crippen LogP contribution in [-0.2, 0) is 24.6 Å². The van der Waals surface area contributed by atoms with Gasteiger partial charge in [0.1, 0.15) is 11.3 Å². The number of nitrogens with zero attached hydrogens (tertiary/aromatic N) is 3. The molecule has 5 aromatic carbocycles. The molecule has 3 heterocycles. The number of imide groups is 2. The number of phenolic OH excluding ortho intramolecular Hbond substituents is 1. The molecule has 276 valence electrons. The van der Waals surface area contributed by atoms with Gasteiger partial charge in [-0.05, 0) is 97.1 Å². The first-order valence-corrected chi connectivity index (χ1v) is 19.1. The highest BCUT2D eigenvalue weighted by atomic mass is 35.5. The highest BCUT2D eigenvalue weighted by Gasteiger charge is 2.70. The summed E-state index contributed by atoms with van der Waals surface area (Å²) in [5.41, 5.74) is 2.91. The first kappa shape index (κ1) is 34.5. The number of anilines is 2. The quantitative estimate of drug-likeness (QED) is 0.137. The summed E-state index contributed by atoms with van der Waals surface area (Å²) in [6.45, 7) is 0. The molecule has 0 unspecified atom stereocenters. The molecule has 3 fully saturated rings. The van der Waals surface area contributed by atoms with E-state index in [0.29, 0.717) is 55.2 Å². The third-order valence-corrected chi connectivity index (χ3v) is 12.6. The van der Waals surface area contributed by atoms with Gasteiger partial charge in [0.15, 0.2) is 5.58 Å². The van der Waals surface area contributed by atoms with Crippen molar-refractivity contribution in [3.8, 4) is 17.2 Å². The standard InChI is InChI=1S/C45H31Cl2N3O6/c46-26-9-6-10-29(21-26)50-42(53)34-23-32-30(39(33-22-27(47)15-20-36(33)51)45(34,44(50)55)25-7-2-1-3-8-25)18-19-31-38(32)43(54)49(41(31)52)28-16-13-24(14-17-28)40-48-35-11-4-5-12-37(35)56-40/h1-18,20-22,31-32,34,38-39,51H,19,23H2/t31-,32+,34-,38-,39+,45+/m0/s1. The molecule has 4 amide bonds. The molecule has 0 radical (unpaired) electrons. The third-order valence-electron chi connectivity index (χ3n) is 12.1. The lowest BCUT2D eigenvalue weighted by Crippen LogP contribution is -2.53. The SMILES string of the molecule is O=C1[C@H]2[C@H](CC=C3[C@H]2C[C@H]2C(=O)N(c4cccc(Cl)c4)C(=O)[C@@]2(c2ccccc2)[C@H]3c2cc(Cl)ccc2O)C(=O)N1c1ccc(-c2nc3ccccc3o2)cc1. The number of allylic oxidation sites excluding steroid dienone is 2. The summed E-state index contributed by atoms with van der Waals surface area (Å²) in [4.78, 5) is 66.4. The number of hydrogen-bond acceptors (Lipinski definition) is 7. The van der Waals surface area contributed by atoms with E-state index in [-0.39, 0.29) is 30.4 Å². The summed E-state index contributed by atoms with van der Waals surface area (Å²) in [5.74, 6) is -5.34. The van der Waals surface area contributed by atoms with Crippen molar-refractivity contribution in [1.29, 1.82) is 0 Å². The van der Waals surface area contributed by atoms with Crippen LogP contribution in [0.25, 0.3) is 22.6 Å². The molecule has 0 bridgehead atoms. The molecular weight excluding hydrogens is 749 g/mol. The number of aromatic nitrogens is 1. The Bertz CT molecular complexity index is 2640. The molecule has 9 nitrogen and oxygen atoms in total. The highest BCUT2D eigenvalue weighted by molar-refractivity contribution is 6.32. The molecule has 6 aromatic rings. The van der Waals surface area contributed by atoms with Crippen LogP contribution in [0.1, 0.15) is 29.9 Å². The third kappa shape index (κ3) is 4.90. The Kier molecular flexibility index (Phi) is 7.85. The molecule has 2 saturated heterocycles. The second kappa shape index (κ2) is 12.8. The number of hydrogen-bond donors (Lipinski definition) is 1. The van der Waals surface area contributed by atoms with Crippen molar-refractivity contribution in [3.63, 3.8) is 0 Å². The fourth-order valence-electron chi connectivity index (χ4n) is 9.85. The Morgan fingerprint density at radius 1 is 0.714 bits per heavy atom. The Labute approximate surface area is 330 Å². The largest absolute Gasteiger partial charge is 0.508 e. The van der Waals surface area contributed by atoms with Gasteiger partial charge in [-0.3, -0.25) is 24.1 Å². The summed E-state index contributed by atoms with van der Waals surface area (Å²) in [5, 5.41) is 12.3. The molecule has 4 aliphatic rings. The van der Waals surface area contributed by atoms with Crippen molar-refractivity contribution in [2.24, 2.45) is 23.7 Å². The van der Waals surface area contributed by atoms with E-state index in [9.17, 15) is 19.5 Å². The van der Waals surface area contributed by atoms with Crippen LogP contribution < -0.4 is 9.80 Å². The first-order chi connectivity index (χ1) is 27.2. The second-order valence-electron chi connectivity index (χ2n) is 14.8. The monoisotopic (exact) mass is 779 g/mol. The number of benzene rings is 5. The topological polar surface area (TPSA) is 121 Å². The van der Waals surface area contributed by atoms with E-state index >= 15 is 4.79 Å². The Morgan fingerprint density at radius 2 is 1.46 bits per heavy atom. The number of carbonyl (C=O) groups is 4. The van der Waals surface area contributed by atoms with E-state index in [1.807, 2.05) is 60.7 Å². The van der Waals surface area contributed by atoms with Crippen LogP contribution in [0.4, 0.5) is 11.4 Å². The fourth-order valence-corrected chi connectivity index (χ4v) is 10.2. The van der Waals surface area contributed by atoms with Gasteiger partial charge in [-0.15, -0.1) is 0 Å². The number of rotatable bonds is 5. The maximum Gasteiger partial charge on any atom is 0.246 e. The van der Waals surface area contributed by atoms with Crippen LogP contribution in [0, 0.1) is 23.7 Å². The molecule has 1 N–H and O–H groups in total. The zero-order valence-electron chi connectivity index (χ0n) is 29.5. The van der Waals surface area contributed by atoms with Gasteiger partial charge < -0.3 is 9.52 Å². The Hall–Kier alpha value is -6.03. The number of aromatic hydroxyl groups is 1. The average Bonchev–Trinajstić information content (AvgIpc) is 3.83. The van der Waals surface area contributed by atoms with E-state index in [4.69, 9.17) is 27.6 Å². The van der Waals surface area contributed by atoms with Crippen LogP contribution in [0.2, 0.25) is 10.0 Å². The first-order valence-electron chi connectivity index (χ1n) is 18.4. The van der Waals surface area contributed by atoms with Crippen LogP contribution in [0.15, 0.2) is 137 Å². The zero-order chi connectivity index (χ0) is 38.5. The minimum absolute atomic E-state index is 0.104. The number of para-hydroxylation sites is 2. The van der Waals surface area contributed by atoms with Gasteiger partial charge in [0.05, 0.1) is 34.5 Å². The summed E-state index contributed by atoms with van der Waals surface area (Å²) in [6.07, 6.45) is 2.29. The summed E-state index contributed by atoms with van der Waals surface area (Å²) >= 11 is 13.0. The van der Waals surface area contributed by atoms with E-state index in [2.05, 4.69) is 4.98 Å². The molecule has 1 saturated carbocycles. The van der Waals surface area contributed by atoms with Crippen LogP contribution in [0.5, 0.6) is 5.75 Å². The maximum atomic E-state index is 15.4. The van der Waals surface area contributed by atoms with Gasteiger partial charge >= 0.3 is 0 Å². The van der Waals surface area contributed by atoms with Crippen LogP contribution in [-0.4, -0.2) is 33.7 Å². The summed E-state index contributed by atoms with van der Waals surface area (Å²) < 4.78 is 5.94. The molecule has 2 aliphatic carbocycles. The van der Waals surface area contributed by atoms with Gasteiger partial charge in [0, 0.05) is 27.1 Å². The van der Waals surface area contributed by atoms with Crippen molar-refractivity contribution in [3.05, 3.63) is 154 Å². The molecule has 2 aliphatic heterocycles. The number of fused-ring (bicyclic) bond motifs is 5. The molecule has 1 aromatic heterocycles. The maximum absolute atomic E-state index is 15.4. The van der Waals surface area contributed by atoms with E-state index < -0.39 is 46.8 Å². The van der Waals surface area contributed by atoms with Gasteiger partial charge in [-0.25, -0.2) is 9.88 Å². The van der Waals surface area contributed by atoms with Crippen molar-refractivity contribution in [2.45, 2.75) is 24.2 Å². The highest BCUT2D eigenvalue weighted by Crippen LogP contribution is 2.65. The second-order valence-corrected chi connectivity index (χ2v) is 15.7. The number of carbonyl (C=O) groups excluding carboxylic acids is 4. The minimum atomic E-state index is -1.54. The van der Waals surface area contributed by atoms with Crippen LogP contribution >= 0.6 is 23.2 Å². The number of phenols is 1. The zero-order valence-corrected chi connectivity index (χ0v) is 31.0. The van der Waals surface area contributed by atoms with E-state index in [1.54, 1.807) is 60.7 Å². The molecule has 10 rings (SSSR count). The minimum Gasteiger partial charge on any atom is -0.508 e. The molecule has 6 atom stereocenters. The number of halogens is 2. The Balaban J connectivity index is 1.10. The molecule has 56 heavy (non-hydrogen) atoms. The van der Waals surface area contributed by atoms with Crippen molar-refractivity contribution in [2.75, 3.05) is 9.80 Å². The van der Waals surface area contributed by atoms with E-state index in [1.165, 1.54) is 15.9 Å². The molecular formula is C45H31Cl2N3O6. The lowest BCUT2D eigenvalue weighted by Gasteiger charge is -2.50. The smallest absolute Gasteiger partial charge is 0.246 e. The lowest BCUT2D eigenvalue weighted by atomic mass is 9.49. The lowest BCUT2D eigenvalue weighted by molar-refractivity contribution is -0.127. The van der Waals surface area contributed by atoms with Gasteiger partial charge in [0.25, 0.3) is 0 Å². The van der Waals surface area contributed by atoms with Crippen molar-refractivity contribution < 1.29 is 28.7 Å². The summed E-state index contributed by atoms with van der Waals surface area (Å²) in [7, 11) is 0. The number of amides is 4. The van der Waals surface area contributed by atoms with Crippen molar-refractivity contribution >= 4 is 69.3 Å². The predicted octanol–water partition coefficient (Wildman–Crippen LogP) is 8.87. The van der Waals surface area contributed by atoms with E-state index in [0.717, 1.165) is 5.52 Å². The Morgan fingerprint density at radius 3 is 2.23 bits per heavy atom. The van der Waals surface area contributed by atoms with Crippen molar-refractivity contribution in [1.82, 2.24) is 4.98 Å². The number of oxazole rings is 1. The van der Waals surface area contributed by atoms with Gasteiger partial charge in [-0.2, -0.15) is 0 Å².